The maximum atomic E-state index is 12.9. The lowest BCUT2D eigenvalue weighted by molar-refractivity contribution is -0.137. The maximum Gasteiger partial charge on any atom is 0.416 e. The molecular formula is C21H33F3IN3O2. The van der Waals surface area contributed by atoms with E-state index < -0.39 is 11.7 Å². The molecule has 9 heteroatoms. The van der Waals surface area contributed by atoms with Crippen LogP contribution in [0.1, 0.15) is 49.7 Å². The molecule has 0 saturated carbocycles. The predicted octanol–water partition coefficient (Wildman–Crippen LogP) is 4.57. The fourth-order valence-corrected chi connectivity index (χ4v) is 3.19. The van der Waals surface area contributed by atoms with Crippen molar-refractivity contribution in [1.29, 1.82) is 0 Å². The van der Waals surface area contributed by atoms with Gasteiger partial charge >= 0.3 is 6.18 Å². The van der Waals surface area contributed by atoms with Crippen molar-refractivity contribution < 1.29 is 22.6 Å². The van der Waals surface area contributed by atoms with Gasteiger partial charge in [0.05, 0.1) is 11.7 Å². The molecule has 1 aliphatic rings. The molecule has 1 unspecified atom stereocenters. The number of nitrogens with one attached hydrogen (secondary N) is 2. The molecule has 1 aromatic rings. The molecule has 0 amide bonds. The number of nitrogens with zero attached hydrogens (tertiary/aromatic N) is 1. The van der Waals surface area contributed by atoms with Crippen LogP contribution >= 0.6 is 24.0 Å². The molecule has 172 valence electrons. The summed E-state index contributed by atoms with van der Waals surface area (Å²) in [5.41, 5.74) is 0.0880. The molecule has 1 aliphatic heterocycles. The smallest absolute Gasteiger partial charge is 0.381 e. The zero-order chi connectivity index (χ0) is 21.1. The van der Waals surface area contributed by atoms with Crippen molar-refractivity contribution in [2.75, 3.05) is 40.0 Å². The summed E-state index contributed by atoms with van der Waals surface area (Å²) in [6.07, 6.45) is -0.512. The third kappa shape index (κ3) is 9.82. The molecule has 0 radical (unpaired) electrons. The normalized spacial score (nSPS) is 16.6. The van der Waals surface area contributed by atoms with E-state index in [9.17, 15) is 13.2 Å². The zero-order valence-corrected chi connectivity index (χ0v) is 20.0. The lowest BCUT2D eigenvalue weighted by atomic mass is 9.96. The van der Waals surface area contributed by atoms with Gasteiger partial charge in [0.1, 0.15) is 0 Å². The summed E-state index contributed by atoms with van der Waals surface area (Å²) in [6, 6.07) is 5.54. The molecule has 30 heavy (non-hydrogen) atoms. The Hall–Kier alpha value is -1.07. The lowest BCUT2D eigenvalue weighted by Gasteiger charge is -2.22. The first-order valence-electron chi connectivity index (χ1n) is 10.2. The van der Waals surface area contributed by atoms with E-state index in [4.69, 9.17) is 9.47 Å². The molecule has 1 atom stereocenters. The number of alkyl halides is 3. The van der Waals surface area contributed by atoms with Crippen molar-refractivity contribution in [3.63, 3.8) is 0 Å². The van der Waals surface area contributed by atoms with E-state index in [0.717, 1.165) is 45.1 Å². The Morgan fingerprint density at radius 1 is 1.23 bits per heavy atom. The number of guanidine groups is 1. The third-order valence-electron chi connectivity index (χ3n) is 5.01. The Morgan fingerprint density at radius 2 is 1.93 bits per heavy atom. The number of aliphatic imine (C=N–C) groups is 1. The number of hydrogen-bond acceptors (Lipinski definition) is 3. The van der Waals surface area contributed by atoms with E-state index in [2.05, 4.69) is 15.6 Å². The van der Waals surface area contributed by atoms with Gasteiger partial charge in [-0.3, -0.25) is 4.99 Å². The molecular weight excluding hydrogens is 510 g/mol. The topological polar surface area (TPSA) is 54.9 Å². The summed E-state index contributed by atoms with van der Waals surface area (Å²) in [5, 5.41) is 6.45. The van der Waals surface area contributed by atoms with Crippen molar-refractivity contribution in [2.45, 2.75) is 50.8 Å². The summed E-state index contributed by atoms with van der Waals surface area (Å²) < 4.78 is 49.7. The second-order valence-electron chi connectivity index (χ2n) is 7.27. The number of rotatable bonds is 9. The second kappa shape index (κ2) is 14.1. The lowest BCUT2D eigenvalue weighted by Crippen LogP contribution is -2.38. The minimum atomic E-state index is -4.31. The summed E-state index contributed by atoms with van der Waals surface area (Å²) in [5.74, 6) is 0.697. The molecule has 5 nitrogen and oxygen atoms in total. The first-order valence-corrected chi connectivity index (χ1v) is 10.2. The van der Waals surface area contributed by atoms with Crippen molar-refractivity contribution in [2.24, 2.45) is 4.99 Å². The van der Waals surface area contributed by atoms with Crippen molar-refractivity contribution >= 4 is 29.9 Å². The first kappa shape index (κ1) is 27.0. The van der Waals surface area contributed by atoms with E-state index >= 15 is 0 Å². The van der Waals surface area contributed by atoms with E-state index in [0.29, 0.717) is 37.2 Å². The molecule has 2 rings (SSSR count). The second-order valence-corrected chi connectivity index (χ2v) is 7.27. The average Bonchev–Trinajstić information content (AvgIpc) is 2.72. The van der Waals surface area contributed by atoms with Crippen LogP contribution in [0.25, 0.3) is 0 Å². The highest BCUT2D eigenvalue weighted by atomic mass is 127. The predicted molar refractivity (Wildman–Crippen MR) is 124 cm³/mol. The number of benzene rings is 1. The van der Waals surface area contributed by atoms with E-state index in [-0.39, 0.29) is 29.9 Å². The molecule has 0 bridgehead atoms. The van der Waals surface area contributed by atoms with Gasteiger partial charge in [-0.1, -0.05) is 25.1 Å². The Balaban J connectivity index is 0.00000450. The van der Waals surface area contributed by atoms with Crippen LogP contribution in [0, 0.1) is 0 Å². The van der Waals surface area contributed by atoms with Gasteiger partial charge in [0.25, 0.3) is 0 Å². The Kier molecular flexibility index (Phi) is 12.7. The quantitative estimate of drug-likeness (QED) is 0.208. The monoisotopic (exact) mass is 543 g/mol. The van der Waals surface area contributed by atoms with Crippen LogP contribution in [0.3, 0.4) is 0 Å². The molecule has 0 spiro atoms. The van der Waals surface area contributed by atoms with Crippen molar-refractivity contribution in [1.82, 2.24) is 10.6 Å². The van der Waals surface area contributed by atoms with Crippen molar-refractivity contribution in [3.8, 4) is 0 Å². The standard InChI is InChI=1S/C21H32F3N3O2.HI/c1-16(17-5-3-6-18(15-17)21(22,23)24)7-11-27-20(25-2)26-10-4-12-29-19-8-13-28-14-9-19;/h3,5-6,15-16,19H,4,7-14H2,1-2H3,(H2,25,26,27);1H. The Labute approximate surface area is 194 Å². The Bertz CT molecular complexity index is 638. The highest BCUT2D eigenvalue weighted by Gasteiger charge is 2.30. The van der Waals surface area contributed by atoms with Crippen LogP contribution < -0.4 is 10.6 Å². The van der Waals surface area contributed by atoms with Gasteiger partial charge in [-0.25, -0.2) is 0 Å². The average molecular weight is 543 g/mol. The molecule has 0 aliphatic carbocycles. The molecule has 0 aromatic heterocycles. The van der Waals surface area contributed by atoms with Crippen LogP contribution in [0.2, 0.25) is 0 Å². The third-order valence-corrected chi connectivity index (χ3v) is 5.01. The van der Waals surface area contributed by atoms with Crippen LogP contribution in [-0.2, 0) is 15.7 Å². The fourth-order valence-electron chi connectivity index (χ4n) is 3.19. The number of ether oxygens (including phenoxy) is 2. The van der Waals surface area contributed by atoms with Gasteiger partial charge in [0.15, 0.2) is 5.96 Å². The van der Waals surface area contributed by atoms with Gasteiger partial charge < -0.3 is 20.1 Å². The van der Waals surface area contributed by atoms with Crippen molar-refractivity contribution in [3.05, 3.63) is 35.4 Å². The molecule has 1 heterocycles. The van der Waals surface area contributed by atoms with Crippen LogP contribution in [0.4, 0.5) is 13.2 Å². The molecule has 1 fully saturated rings. The molecule has 2 N–H and O–H groups in total. The molecule has 1 saturated heterocycles. The van der Waals surface area contributed by atoms with Crippen LogP contribution in [0.15, 0.2) is 29.3 Å². The Morgan fingerprint density at radius 3 is 2.60 bits per heavy atom. The van der Waals surface area contributed by atoms with Gasteiger partial charge in [-0.2, -0.15) is 13.2 Å². The van der Waals surface area contributed by atoms with E-state index in [1.54, 1.807) is 13.1 Å². The summed E-state index contributed by atoms with van der Waals surface area (Å²) in [7, 11) is 1.70. The summed E-state index contributed by atoms with van der Waals surface area (Å²) in [6.45, 7) is 5.54. The molecule has 1 aromatic carbocycles. The minimum absolute atomic E-state index is 0. The van der Waals surface area contributed by atoms with Gasteiger partial charge in [-0.15, -0.1) is 24.0 Å². The summed E-state index contributed by atoms with van der Waals surface area (Å²) >= 11 is 0. The first-order chi connectivity index (χ1) is 13.9. The SMILES string of the molecule is CN=C(NCCCOC1CCOCC1)NCCC(C)c1cccc(C(F)(F)F)c1.I. The fraction of sp³-hybridized carbons (Fsp3) is 0.667. The number of hydrogen-bond donors (Lipinski definition) is 2. The van der Waals surface area contributed by atoms with Crippen LogP contribution in [-0.4, -0.2) is 52.0 Å². The maximum absolute atomic E-state index is 12.9. The number of halogens is 4. The van der Waals surface area contributed by atoms with E-state index in [1.165, 1.54) is 12.1 Å². The van der Waals surface area contributed by atoms with E-state index in [1.807, 2.05) is 6.92 Å². The zero-order valence-electron chi connectivity index (χ0n) is 17.6. The largest absolute Gasteiger partial charge is 0.416 e. The minimum Gasteiger partial charge on any atom is -0.381 e. The summed E-state index contributed by atoms with van der Waals surface area (Å²) in [4.78, 5) is 4.18. The highest BCUT2D eigenvalue weighted by molar-refractivity contribution is 14.0. The van der Waals surface area contributed by atoms with Crippen LogP contribution in [0.5, 0.6) is 0 Å². The van der Waals surface area contributed by atoms with Gasteiger partial charge in [0.2, 0.25) is 0 Å². The van der Waals surface area contributed by atoms with Gasteiger partial charge in [0, 0.05) is 40.0 Å². The van der Waals surface area contributed by atoms with Gasteiger partial charge in [-0.05, 0) is 43.2 Å². The highest BCUT2D eigenvalue weighted by Crippen LogP contribution is 2.31.